The van der Waals surface area contributed by atoms with Gasteiger partial charge in [-0.3, -0.25) is 9.59 Å². The fourth-order valence-corrected chi connectivity index (χ4v) is 3.93. The summed E-state index contributed by atoms with van der Waals surface area (Å²) in [5, 5.41) is 6.54. The van der Waals surface area contributed by atoms with Gasteiger partial charge in [-0.1, -0.05) is 31.8 Å². The SMILES string of the molecule is CCN(CC)CCC[C@@H](C)N(CC(=O)Nc1cc(C)on1)C(=O)C1CCCC1. The van der Waals surface area contributed by atoms with Crippen molar-refractivity contribution in [3.8, 4) is 0 Å². The van der Waals surface area contributed by atoms with Crippen LogP contribution in [-0.4, -0.2) is 59.0 Å². The molecule has 1 aliphatic carbocycles. The highest BCUT2D eigenvalue weighted by molar-refractivity contribution is 5.94. The summed E-state index contributed by atoms with van der Waals surface area (Å²) in [7, 11) is 0. The van der Waals surface area contributed by atoms with Crippen LogP contribution < -0.4 is 5.32 Å². The summed E-state index contributed by atoms with van der Waals surface area (Å²) in [6, 6.07) is 1.71. The number of anilines is 1. The molecule has 1 heterocycles. The predicted octanol–water partition coefficient (Wildman–Crippen LogP) is 3.45. The lowest BCUT2D eigenvalue weighted by Crippen LogP contribution is -2.46. The first-order chi connectivity index (χ1) is 13.4. The smallest absolute Gasteiger partial charge is 0.245 e. The lowest BCUT2D eigenvalue weighted by molar-refractivity contribution is -0.140. The molecule has 28 heavy (non-hydrogen) atoms. The van der Waals surface area contributed by atoms with Crippen molar-refractivity contribution in [3.05, 3.63) is 11.8 Å². The number of hydrogen-bond acceptors (Lipinski definition) is 5. The van der Waals surface area contributed by atoms with E-state index in [1.807, 2.05) is 0 Å². The number of carbonyl (C=O) groups excluding carboxylic acids is 2. The topological polar surface area (TPSA) is 78.7 Å². The third kappa shape index (κ3) is 6.62. The van der Waals surface area contributed by atoms with E-state index in [1.165, 1.54) is 0 Å². The van der Waals surface area contributed by atoms with Gasteiger partial charge in [0.05, 0.1) is 0 Å². The van der Waals surface area contributed by atoms with Gasteiger partial charge in [-0.2, -0.15) is 0 Å². The summed E-state index contributed by atoms with van der Waals surface area (Å²) >= 11 is 0. The maximum atomic E-state index is 13.1. The molecule has 1 N–H and O–H groups in total. The molecule has 0 aliphatic heterocycles. The van der Waals surface area contributed by atoms with Crippen molar-refractivity contribution >= 4 is 17.6 Å². The van der Waals surface area contributed by atoms with E-state index in [2.05, 4.69) is 36.1 Å². The normalized spacial score (nSPS) is 15.8. The second kappa shape index (κ2) is 11.2. The second-order valence-electron chi connectivity index (χ2n) is 7.84. The molecule has 0 unspecified atom stereocenters. The standard InChI is InChI=1S/C21H36N4O3/c1-5-24(6-2)13-9-10-16(3)25(21(27)18-11-7-8-12-18)15-20(26)22-19-14-17(4)28-23-19/h14,16,18H,5-13,15H2,1-4H3,(H,22,23,26)/t16-/m1/s1. The Balaban J connectivity index is 1.96. The molecule has 1 fully saturated rings. The average Bonchev–Trinajstić information content (AvgIpc) is 3.34. The van der Waals surface area contributed by atoms with Crippen LogP contribution in [-0.2, 0) is 9.59 Å². The molecule has 0 radical (unpaired) electrons. The van der Waals surface area contributed by atoms with Crippen molar-refractivity contribution in [2.24, 2.45) is 5.92 Å². The van der Waals surface area contributed by atoms with E-state index in [0.29, 0.717) is 11.6 Å². The van der Waals surface area contributed by atoms with Gasteiger partial charge in [-0.05, 0) is 59.2 Å². The molecular weight excluding hydrogens is 356 g/mol. The van der Waals surface area contributed by atoms with Crippen LogP contribution in [0.5, 0.6) is 0 Å². The molecule has 0 bridgehead atoms. The molecular formula is C21H36N4O3. The zero-order valence-electron chi connectivity index (χ0n) is 17.9. The van der Waals surface area contributed by atoms with E-state index in [1.54, 1.807) is 17.9 Å². The lowest BCUT2D eigenvalue weighted by atomic mass is 10.0. The molecule has 0 spiro atoms. The van der Waals surface area contributed by atoms with E-state index in [9.17, 15) is 9.59 Å². The highest BCUT2D eigenvalue weighted by atomic mass is 16.5. The Kier molecular flexibility index (Phi) is 8.96. The molecule has 1 aliphatic rings. The Bertz CT molecular complexity index is 621. The second-order valence-corrected chi connectivity index (χ2v) is 7.84. The van der Waals surface area contributed by atoms with Crippen LogP contribution in [0.1, 0.15) is 65.1 Å². The van der Waals surface area contributed by atoms with Crippen LogP contribution in [0.2, 0.25) is 0 Å². The minimum atomic E-state index is -0.227. The zero-order valence-corrected chi connectivity index (χ0v) is 17.9. The number of aromatic nitrogens is 1. The Morgan fingerprint density at radius 3 is 2.54 bits per heavy atom. The molecule has 158 valence electrons. The van der Waals surface area contributed by atoms with E-state index >= 15 is 0 Å². The summed E-state index contributed by atoms with van der Waals surface area (Å²) in [5.41, 5.74) is 0. The highest BCUT2D eigenvalue weighted by Gasteiger charge is 2.31. The number of carbonyl (C=O) groups is 2. The van der Waals surface area contributed by atoms with Crippen LogP contribution in [0, 0.1) is 12.8 Å². The first-order valence-electron chi connectivity index (χ1n) is 10.7. The quantitative estimate of drug-likeness (QED) is 0.624. The first kappa shape index (κ1) is 22.4. The van der Waals surface area contributed by atoms with Crippen molar-refractivity contribution in [1.29, 1.82) is 0 Å². The third-order valence-corrected chi connectivity index (χ3v) is 5.72. The molecule has 1 aromatic heterocycles. The molecule has 1 saturated carbocycles. The Morgan fingerprint density at radius 2 is 1.96 bits per heavy atom. The fourth-order valence-electron chi connectivity index (χ4n) is 3.93. The maximum Gasteiger partial charge on any atom is 0.245 e. The molecule has 0 saturated heterocycles. The summed E-state index contributed by atoms with van der Waals surface area (Å²) in [6.45, 7) is 11.3. The maximum absolute atomic E-state index is 13.1. The summed E-state index contributed by atoms with van der Waals surface area (Å²) < 4.78 is 4.99. The predicted molar refractivity (Wildman–Crippen MR) is 110 cm³/mol. The van der Waals surface area contributed by atoms with Gasteiger partial charge in [0, 0.05) is 18.0 Å². The number of hydrogen-bond donors (Lipinski definition) is 1. The number of amides is 2. The van der Waals surface area contributed by atoms with Crippen LogP contribution in [0.25, 0.3) is 0 Å². The number of rotatable bonds is 11. The van der Waals surface area contributed by atoms with Crippen molar-refractivity contribution in [3.63, 3.8) is 0 Å². The minimum absolute atomic E-state index is 0.0356. The highest BCUT2D eigenvalue weighted by Crippen LogP contribution is 2.27. The van der Waals surface area contributed by atoms with Gasteiger partial charge in [0.25, 0.3) is 0 Å². The number of nitrogens with one attached hydrogen (secondary N) is 1. The van der Waals surface area contributed by atoms with Gasteiger partial charge in [0.1, 0.15) is 12.3 Å². The molecule has 7 nitrogen and oxygen atoms in total. The molecule has 2 rings (SSSR count). The largest absolute Gasteiger partial charge is 0.360 e. The lowest BCUT2D eigenvalue weighted by Gasteiger charge is -2.31. The van der Waals surface area contributed by atoms with Gasteiger partial charge in [0.15, 0.2) is 5.82 Å². The Labute approximate surface area is 168 Å². The Morgan fingerprint density at radius 1 is 1.29 bits per heavy atom. The van der Waals surface area contributed by atoms with E-state index in [0.717, 1.165) is 58.2 Å². The summed E-state index contributed by atoms with van der Waals surface area (Å²) in [4.78, 5) is 29.8. The Hall–Kier alpha value is -1.89. The van der Waals surface area contributed by atoms with Crippen LogP contribution in [0.15, 0.2) is 10.6 Å². The van der Waals surface area contributed by atoms with E-state index < -0.39 is 0 Å². The van der Waals surface area contributed by atoms with Crippen molar-refractivity contribution < 1.29 is 14.1 Å². The zero-order chi connectivity index (χ0) is 20.5. The monoisotopic (exact) mass is 392 g/mol. The van der Waals surface area contributed by atoms with Crippen LogP contribution >= 0.6 is 0 Å². The van der Waals surface area contributed by atoms with Gasteiger partial charge in [-0.15, -0.1) is 0 Å². The molecule has 1 aromatic rings. The van der Waals surface area contributed by atoms with E-state index in [-0.39, 0.29) is 30.3 Å². The van der Waals surface area contributed by atoms with Crippen LogP contribution in [0.3, 0.4) is 0 Å². The summed E-state index contributed by atoms with van der Waals surface area (Å²) in [5.74, 6) is 0.991. The average molecular weight is 393 g/mol. The molecule has 0 aromatic carbocycles. The van der Waals surface area contributed by atoms with Gasteiger partial charge in [-0.25, -0.2) is 0 Å². The van der Waals surface area contributed by atoms with Crippen molar-refractivity contribution in [2.45, 2.75) is 72.3 Å². The number of aryl methyl sites for hydroxylation is 1. The molecule has 7 heteroatoms. The van der Waals surface area contributed by atoms with Crippen LogP contribution in [0.4, 0.5) is 5.82 Å². The van der Waals surface area contributed by atoms with Gasteiger partial charge < -0.3 is 19.6 Å². The van der Waals surface area contributed by atoms with Crippen molar-refractivity contribution in [2.75, 3.05) is 31.5 Å². The van der Waals surface area contributed by atoms with Crippen molar-refractivity contribution in [1.82, 2.24) is 15.0 Å². The van der Waals surface area contributed by atoms with E-state index in [4.69, 9.17) is 4.52 Å². The third-order valence-electron chi connectivity index (χ3n) is 5.72. The molecule has 1 atom stereocenters. The van der Waals surface area contributed by atoms with Gasteiger partial charge in [0.2, 0.25) is 11.8 Å². The summed E-state index contributed by atoms with van der Waals surface area (Å²) in [6.07, 6.45) is 5.99. The number of nitrogens with zero attached hydrogens (tertiary/aromatic N) is 3. The fraction of sp³-hybridized carbons (Fsp3) is 0.762. The molecule has 2 amide bonds. The minimum Gasteiger partial charge on any atom is -0.360 e. The first-order valence-corrected chi connectivity index (χ1v) is 10.7. The van der Waals surface area contributed by atoms with Gasteiger partial charge >= 0.3 is 0 Å².